The molecule has 0 bridgehead atoms. The quantitative estimate of drug-likeness (QED) is 0.940. The zero-order valence-electron chi connectivity index (χ0n) is 11.9. The summed E-state index contributed by atoms with van der Waals surface area (Å²) in [4.78, 5) is 13.4. The molecule has 0 spiro atoms. The first kappa shape index (κ1) is 13.5. The summed E-state index contributed by atoms with van der Waals surface area (Å²) in [5, 5.41) is 9.22. The van der Waals surface area contributed by atoms with Crippen LogP contribution in [0, 0.1) is 6.92 Å². The van der Waals surface area contributed by atoms with Gasteiger partial charge in [-0.25, -0.2) is 4.79 Å². The van der Waals surface area contributed by atoms with Crippen molar-refractivity contribution >= 4 is 11.7 Å². The van der Waals surface area contributed by atoms with Gasteiger partial charge in [0.2, 0.25) is 0 Å². The number of nitrogens with zero attached hydrogens (tertiary/aromatic N) is 1. The van der Waals surface area contributed by atoms with Gasteiger partial charge in [0.1, 0.15) is 12.4 Å². The second kappa shape index (κ2) is 5.48. The predicted molar refractivity (Wildman–Crippen MR) is 81.1 cm³/mol. The monoisotopic (exact) mass is 283 g/mol. The van der Waals surface area contributed by atoms with E-state index in [1.165, 1.54) is 0 Å². The number of carbonyl (C=O) groups is 1. The molecule has 0 saturated heterocycles. The number of hydrogen-bond donors (Lipinski definition) is 1. The molecule has 2 aromatic rings. The van der Waals surface area contributed by atoms with Crippen LogP contribution in [0.2, 0.25) is 0 Å². The van der Waals surface area contributed by atoms with E-state index in [9.17, 15) is 9.90 Å². The van der Waals surface area contributed by atoms with Crippen molar-refractivity contribution in [1.29, 1.82) is 0 Å². The van der Waals surface area contributed by atoms with Crippen LogP contribution in [0.25, 0.3) is 0 Å². The van der Waals surface area contributed by atoms with E-state index in [4.69, 9.17) is 4.74 Å². The number of ether oxygens (including phenoxy) is 1. The van der Waals surface area contributed by atoms with Crippen LogP contribution in [0.1, 0.15) is 21.5 Å². The van der Waals surface area contributed by atoms with E-state index >= 15 is 0 Å². The zero-order valence-corrected chi connectivity index (χ0v) is 11.9. The Morgan fingerprint density at radius 3 is 2.90 bits per heavy atom. The lowest BCUT2D eigenvalue weighted by Crippen LogP contribution is -2.32. The molecule has 0 atom stereocenters. The summed E-state index contributed by atoms with van der Waals surface area (Å²) in [6.07, 6.45) is 0. The highest BCUT2D eigenvalue weighted by molar-refractivity contribution is 5.89. The summed E-state index contributed by atoms with van der Waals surface area (Å²) >= 11 is 0. The van der Waals surface area contributed by atoms with E-state index in [-0.39, 0.29) is 0 Å². The van der Waals surface area contributed by atoms with Gasteiger partial charge in [0, 0.05) is 6.54 Å². The average Bonchev–Trinajstić information content (AvgIpc) is 2.49. The van der Waals surface area contributed by atoms with E-state index in [1.54, 1.807) is 6.07 Å². The van der Waals surface area contributed by atoms with Crippen molar-refractivity contribution < 1.29 is 14.6 Å². The van der Waals surface area contributed by atoms with E-state index in [0.29, 0.717) is 18.7 Å². The molecule has 0 amide bonds. The van der Waals surface area contributed by atoms with Crippen molar-refractivity contribution in [3.63, 3.8) is 0 Å². The second-order valence-corrected chi connectivity index (χ2v) is 5.19. The molecule has 3 rings (SSSR count). The van der Waals surface area contributed by atoms with Crippen molar-refractivity contribution in [1.82, 2.24) is 0 Å². The molecular weight excluding hydrogens is 266 g/mol. The Bertz CT molecular complexity index is 681. The first-order valence-corrected chi connectivity index (χ1v) is 6.95. The Balaban J connectivity index is 1.88. The van der Waals surface area contributed by atoms with Crippen LogP contribution < -0.4 is 9.64 Å². The number of para-hydroxylation sites is 2. The topological polar surface area (TPSA) is 49.8 Å². The lowest BCUT2D eigenvalue weighted by molar-refractivity contribution is 0.0696. The molecule has 0 aliphatic carbocycles. The minimum Gasteiger partial charge on any atom is -0.490 e. The van der Waals surface area contributed by atoms with Crippen LogP contribution in [0.15, 0.2) is 42.5 Å². The number of anilines is 1. The predicted octanol–water partition coefficient (Wildman–Crippen LogP) is 3.09. The van der Waals surface area contributed by atoms with Gasteiger partial charge >= 0.3 is 5.97 Å². The molecule has 108 valence electrons. The van der Waals surface area contributed by atoms with Crippen molar-refractivity contribution in [3.8, 4) is 5.75 Å². The number of carboxylic acids is 1. The van der Waals surface area contributed by atoms with Gasteiger partial charge < -0.3 is 14.7 Å². The van der Waals surface area contributed by atoms with E-state index in [0.717, 1.165) is 29.1 Å². The van der Waals surface area contributed by atoms with Crippen LogP contribution >= 0.6 is 0 Å². The third kappa shape index (κ3) is 2.70. The first-order chi connectivity index (χ1) is 10.1. The largest absolute Gasteiger partial charge is 0.490 e. The van der Waals surface area contributed by atoms with Crippen LogP contribution in [-0.2, 0) is 6.54 Å². The van der Waals surface area contributed by atoms with Gasteiger partial charge in [-0.05, 0) is 36.2 Å². The summed E-state index contributed by atoms with van der Waals surface area (Å²) < 4.78 is 5.64. The number of hydrogen-bond acceptors (Lipinski definition) is 3. The lowest BCUT2D eigenvalue weighted by Gasteiger charge is -2.31. The third-order valence-corrected chi connectivity index (χ3v) is 3.73. The maximum Gasteiger partial charge on any atom is 0.335 e. The van der Waals surface area contributed by atoms with Gasteiger partial charge in [-0.3, -0.25) is 0 Å². The lowest BCUT2D eigenvalue weighted by atomic mass is 10.0. The van der Waals surface area contributed by atoms with Crippen LogP contribution in [0.4, 0.5) is 5.69 Å². The van der Waals surface area contributed by atoms with Crippen molar-refractivity contribution in [2.45, 2.75) is 13.5 Å². The smallest absolute Gasteiger partial charge is 0.335 e. The number of aryl methyl sites for hydroxylation is 1. The normalized spacial score (nSPS) is 13.5. The molecule has 1 heterocycles. The van der Waals surface area contributed by atoms with Crippen molar-refractivity contribution in [2.75, 3.05) is 18.1 Å². The standard InChI is InChI=1S/C17H17NO3/c1-12-6-7-13(10-14(12)17(19)20)11-18-8-9-21-16-5-3-2-4-15(16)18/h2-7,10H,8-9,11H2,1H3,(H,19,20). The molecule has 0 radical (unpaired) electrons. The van der Waals surface area contributed by atoms with E-state index in [2.05, 4.69) is 4.90 Å². The molecule has 21 heavy (non-hydrogen) atoms. The Morgan fingerprint density at radius 1 is 1.29 bits per heavy atom. The van der Waals surface area contributed by atoms with Crippen molar-refractivity contribution in [2.24, 2.45) is 0 Å². The Morgan fingerprint density at radius 2 is 2.10 bits per heavy atom. The van der Waals surface area contributed by atoms with Gasteiger partial charge in [0.05, 0.1) is 17.8 Å². The molecule has 0 fully saturated rings. The highest BCUT2D eigenvalue weighted by atomic mass is 16.5. The first-order valence-electron chi connectivity index (χ1n) is 6.95. The third-order valence-electron chi connectivity index (χ3n) is 3.73. The fourth-order valence-electron chi connectivity index (χ4n) is 2.61. The number of rotatable bonds is 3. The van der Waals surface area contributed by atoms with Crippen LogP contribution in [-0.4, -0.2) is 24.2 Å². The molecule has 2 aromatic carbocycles. The van der Waals surface area contributed by atoms with E-state index < -0.39 is 5.97 Å². The molecule has 1 N–H and O–H groups in total. The molecular formula is C17H17NO3. The second-order valence-electron chi connectivity index (χ2n) is 5.19. The summed E-state index contributed by atoms with van der Waals surface area (Å²) in [5.74, 6) is 0.00560. The van der Waals surface area contributed by atoms with Crippen molar-refractivity contribution in [3.05, 3.63) is 59.2 Å². The average molecular weight is 283 g/mol. The molecule has 4 heteroatoms. The SMILES string of the molecule is Cc1ccc(CN2CCOc3ccccc32)cc1C(=O)O. The maximum atomic E-state index is 11.2. The summed E-state index contributed by atoms with van der Waals surface area (Å²) in [6.45, 7) is 3.94. The minimum atomic E-state index is -0.878. The fourth-order valence-corrected chi connectivity index (χ4v) is 2.61. The Kier molecular flexibility index (Phi) is 3.52. The van der Waals surface area contributed by atoms with Crippen LogP contribution in [0.3, 0.4) is 0 Å². The zero-order chi connectivity index (χ0) is 14.8. The summed E-state index contributed by atoms with van der Waals surface area (Å²) in [7, 11) is 0. The minimum absolute atomic E-state index is 0.369. The van der Waals surface area contributed by atoms with Gasteiger partial charge in [0.25, 0.3) is 0 Å². The number of fused-ring (bicyclic) bond motifs is 1. The van der Waals surface area contributed by atoms with Gasteiger partial charge in [-0.1, -0.05) is 24.3 Å². The molecule has 1 aliphatic rings. The maximum absolute atomic E-state index is 11.2. The van der Waals surface area contributed by atoms with Crippen LogP contribution in [0.5, 0.6) is 5.75 Å². The number of aromatic carboxylic acids is 1. The molecule has 1 aliphatic heterocycles. The highest BCUT2D eigenvalue weighted by Gasteiger charge is 2.18. The molecule has 4 nitrogen and oxygen atoms in total. The Labute approximate surface area is 123 Å². The summed E-state index contributed by atoms with van der Waals surface area (Å²) in [5.41, 5.74) is 3.21. The van der Waals surface area contributed by atoms with E-state index in [1.807, 2.05) is 43.3 Å². The van der Waals surface area contributed by atoms with Gasteiger partial charge in [-0.2, -0.15) is 0 Å². The fraction of sp³-hybridized carbons (Fsp3) is 0.235. The number of benzene rings is 2. The highest BCUT2D eigenvalue weighted by Crippen LogP contribution is 2.32. The molecule has 0 saturated carbocycles. The van der Waals surface area contributed by atoms with Gasteiger partial charge in [-0.15, -0.1) is 0 Å². The Hall–Kier alpha value is -2.49. The molecule has 0 unspecified atom stereocenters. The summed E-state index contributed by atoms with van der Waals surface area (Å²) in [6, 6.07) is 13.5. The number of carboxylic acid groups (broad SMARTS) is 1. The molecule has 0 aromatic heterocycles. The van der Waals surface area contributed by atoms with Gasteiger partial charge in [0.15, 0.2) is 0 Å².